The highest BCUT2D eigenvalue weighted by molar-refractivity contribution is 6.02. The van der Waals surface area contributed by atoms with Crippen molar-refractivity contribution in [1.82, 2.24) is 4.90 Å². The second-order valence-corrected chi connectivity index (χ2v) is 5.85. The molecule has 2 aliphatic rings. The molecule has 2 heterocycles. The second-order valence-electron chi connectivity index (χ2n) is 5.85. The van der Waals surface area contributed by atoms with Gasteiger partial charge in [0.1, 0.15) is 6.04 Å². The van der Waals surface area contributed by atoms with E-state index in [4.69, 9.17) is 5.11 Å². The Kier molecular flexibility index (Phi) is 3.60. The van der Waals surface area contributed by atoms with Crippen molar-refractivity contribution < 1.29 is 19.5 Å². The number of likely N-dealkylation sites (tertiary alicyclic amines) is 1. The third-order valence-corrected chi connectivity index (χ3v) is 4.45. The van der Waals surface area contributed by atoms with Crippen LogP contribution in [0.2, 0.25) is 0 Å². The van der Waals surface area contributed by atoms with Crippen molar-refractivity contribution in [3.63, 3.8) is 0 Å². The predicted octanol–water partition coefficient (Wildman–Crippen LogP) is 0.897. The number of para-hydroxylation sites is 1. The number of amides is 2. The van der Waals surface area contributed by atoms with Crippen LogP contribution >= 0.6 is 0 Å². The predicted molar refractivity (Wildman–Crippen MR) is 79.4 cm³/mol. The molecule has 6 heteroatoms. The van der Waals surface area contributed by atoms with Crippen molar-refractivity contribution in [3.8, 4) is 0 Å². The van der Waals surface area contributed by atoms with E-state index in [1.54, 1.807) is 4.90 Å². The van der Waals surface area contributed by atoms with Crippen LogP contribution in [0.5, 0.6) is 0 Å². The van der Waals surface area contributed by atoms with Gasteiger partial charge in [0, 0.05) is 32.1 Å². The summed E-state index contributed by atoms with van der Waals surface area (Å²) in [5.41, 5.74) is 1.76. The molecule has 0 unspecified atom stereocenters. The Balaban J connectivity index is 1.82. The van der Waals surface area contributed by atoms with Crippen LogP contribution in [-0.4, -0.2) is 46.9 Å². The number of carbonyl (C=O) groups is 3. The van der Waals surface area contributed by atoms with E-state index >= 15 is 0 Å². The Hall–Kier alpha value is -2.37. The van der Waals surface area contributed by atoms with Crippen LogP contribution < -0.4 is 4.90 Å². The monoisotopic (exact) mass is 302 g/mol. The number of aliphatic carboxylic acids is 1. The average Bonchev–Trinajstić information content (AvgIpc) is 3.11. The zero-order chi connectivity index (χ0) is 15.9. The standard InChI is InChI=1S/C16H18N2O4/c1-10(19)18-13-5-3-2-4-11(13)8-14(18)15(20)17-7-6-12(9-17)16(21)22/h2-5,12,14H,6-9H2,1H3,(H,21,22)/t12-,14-/m0/s1. The van der Waals surface area contributed by atoms with E-state index in [2.05, 4.69) is 0 Å². The quantitative estimate of drug-likeness (QED) is 0.880. The SMILES string of the molecule is CC(=O)N1c2ccccc2C[C@H]1C(=O)N1CC[C@H](C(=O)O)C1. The van der Waals surface area contributed by atoms with Gasteiger partial charge in [0.2, 0.25) is 11.8 Å². The van der Waals surface area contributed by atoms with E-state index < -0.39 is 17.9 Å². The summed E-state index contributed by atoms with van der Waals surface area (Å²) in [7, 11) is 0. The molecule has 1 saturated heterocycles. The molecule has 0 bridgehead atoms. The maximum absolute atomic E-state index is 12.7. The van der Waals surface area contributed by atoms with Gasteiger partial charge < -0.3 is 10.0 Å². The minimum atomic E-state index is -0.867. The molecular formula is C16H18N2O4. The molecule has 0 spiro atoms. The van der Waals surface area contributed by atoms with Gasteiger partial charge in [0.05, 0.1) is 5.92 Å². The van der Waals surface area contributed by atoms with Crippen LogP contribution in [0.25, 0.3) is 0 Å². The van der Waals surface area contributed by atoms with Gasteiger partial charge in [-0.2, -0.15) is 0 Å². The third kappa shape index (κ3) is 2.34. The zero-order valence-corrected chi connectivity index (χ0v) is 12.4. The Bertz CT molecular complexity index is 643. The summed E-state index contributed by atoms with van der Waals surface area (Å²) in [6.45, 7) is 2.12. The molecule has 1 aromatic carbocycles. The summed E-state index contributed by atoms with van der Waals surface area (Å²) in [6.07, 6.45) is 0.962. The first-order valence-electron chi connectivity index (χ1n) is 7.38. The van der Waals surface area contributed by atoms with Crippen molar-refractivity contribution in [2.24, 2.45) is 5.92 Å². The van der Waals surface area contributed by atoms with E-state index in [1.807, 2.05) is 24.3 Å². The highest BCUT2D eigenvalue weighted by Crippen LogP contribution is 2.33. The molecule has 1 fully saturated rings. The Morgan fingerprint density at radius 2 is 1.95 bits per heavy atom. The van der Waals surface area contributed by atoms with Gasteiger partial charge in [-0.15, -0.1) is 0 Å². The van der Waals surface area contributed by atoms with Crippen LogP contribution in [0.4, 0.5) is 5.69 Å². The second kappa shape index (κ2) is 5.44. The van der Waals surface area contributed by atoms with Gasteiger partial charge in [0.15, 0.2) is 0 Å². The molecule has 0 aliphatic carbocycles. The minimum Gasteiger partial charge on any atom is -0.481 e. The molecular weight excluding hydrogens is 284 g/mol. The Labute approximate surface area is 128 Å². The number of nitrogens with zero attached hydrogens (tertiary/aromatic N) is 2. The molecule has 22 heavy (non-hydrogen) atoms. The lowest BCUT2D eigenvalue weighted by Gasteiger charge is -2.27. The van der Waals surface area contributed by atoms with Gasteiger partial charge in [-0.3, -0.25) is 19.3 Å². The highest BCUT2D eigenvalue weighted by Gasteiger charge is 2.41. The molecule has 116 valence electrons. The van der Waals surface area contributed by atoms with E-state index in [-0.39, 0.29) is 18.4 Å². The van der Waals surface area contributed by atoms with Crippen LogP contribution in [0, 0.1) is 5.92 Å². The number of carboxylic acids is 1. The van der Waals surface area contributed by atoms with Gasteiger partial charge in [0.25, 0.3) is 0 Å². The summed E-state index contributed by atoms with van der Waals surface area (Å²) in [6, 6.07) is 6.94. The highest BCUT2D eigenvalue weighted by atomic mass is 16.4. The molecule has 6 nitrogen and oxygen atoms in total. The van der Waals surface area contributed by atoms with Crippen molar-refractivity contribution in [1.29, 1.82) is 0 Å². The molecule has 3 rings (SSSR count). The molecule has 1 aromatic rings. The number of rotatable bonds is 2. The molecule has 2 atom stereocenters. The first-order valence-corrected chi connectivity index (χ1v) is 7.38. The number of fused-ring (bicyclic) bond motifs is 1. The lowest BCUT2D eigenvalue weighted by atomic mass is 10.1. The van der Waals surface area contributed by atoms with Crippen molar-refractivity contribution in [3.05, 3.63) is 29.8 Å². The summed E-state index contributed by atoms with van der Waals surface area (Å²) in [5.74, 6) is -1.70. The number of benzene rings is 1. The molecule has 0 aromatic heterocycles. The summed E-state index contributed by atoms with van der Waals surface area (Å²) in [4.78, 5) is 38.9. The van der Waals surface area contributed by atoms with Crippen LogP contribution in [0.3, 0.4) is 0 Å². The molecule has 2 aliphatic heterocycles. The third-order valence-electron chi connectivity index (χ3n) is 4.45. The van der Waals surface area contributed by atoms with Gasteiger partial charge in [-0.05, 0) is 18.1 Å². The molecule has 1 N–H and O–H groups in total. The number of anilines is 1. The van der Waals surface area contributed by atoms with Crippen LogP contribution in [0.1, 0.15) is 18.9 Å². The normalized spacial score (nSPS) is 23.5. The van der Waals surface area contributed by atoms with E-state index in [9.17, 15) is 14.4 Å². The lowest BCUT2D eigenvalue weighted by molar-refractivity contribution is -0.141. The molecule has 0 saturated carbocycles. The maximum atomic E-state index is 12.7. The molecule has 2 amide bonds. The van der Waals surface area contributed by atoms with Crippen LogP contribution in [0.15, 0.2) is 24.3 Å². The summed E-state index contributed by atoms with van der Waals surface area (Å²) < 4.78 is 0. The summed E-state index contributed by atoms with van der Waals surface area (Å²) >= 11 is 0. The fourth-order valence-electron chi connectivity index (χ4n) is 3.35. The van der Waals surface area contributed by atoms with E-state index in [0.717, 1.165) is 11.3 Å². The van der Waals surface area contributed by atoms with E-state index in [0.29, 0.717) is 19.4 Å². The van der Waals surface area contributed by atoms with Gasteiger partial charge in [-0.1, -0.05) is 18.2 Å². The zero-order valence-electron chi connectivity index (χ0n) is 12.4. The minimum absolute atomic E-state index is 0.157. The van der Waals surface area contributed by atoms with Crippen LogP contribution in [-0.2, 0) is 20.8 Å². The number of carbonyl (C=O) groups excluding carboxylic acids is 2. The fourth-order valence-corrected chi connectivity index (χ4v) is 3.35. The average molecular weight is 302 g/mol. The number of hydrogen-bond acceptors (Lipinski definition) is 3. The Morgan fingerprint density at radius 1 is 1.23 bits per heavy atom. The topological polar surface area (TPSA) is 77.9 Å². The smallest absolute Gasteiger partial charge is 0.308 e. The fraction of sp³-hybridized carbons (Fsp3) is 0.438. The van der Waals surface area contributed by atoms with Gasteiger partial charge >= 0.3 is 5.97 Å². The maximum Gasteiger partial charge on any atom is 0.308 e. The number of carboxylic acid groups (broad SMARTS) is 1. The first-order chi connectivity index (χ1) is 10.5. The first kappa shape index (κ1) is 14.6. The van der Waals surface area contributed by atoms with E-state index in [1.165, 1.54) is 11.8 Å². The van der Waals surface area contributed by atoms with Crippen molar-refractivity contribution in [2.75, 3.05) is 18.0 Å². The largest absolute Gasteiger partial charge is 0.481 e. The molecule has 0 radical (unpaired) electrons. The van der Waals surface area contributed by atoms with Crippen molar-refractivity contribution in [2.45, 2.75) is 25.8 Å². The lowest BCUT2D eigenvalue weighted by Crippen LogP contribution is -2.48. The van der Waals surface area contributed by atoms with Crippen molar-refractivity contribution >= 4 is 23.5 Å². The Morgan fingerprint density at radius 3 is 2.59 bits per heavy atom. The van der Waals surface area contributed by atoms with Gasteiger partial charge in [-0.25, -0.2) is 0 Å². The summed E-state index contributed by atoms with van der Waals surface area (Å²) in [5, 5.41) is 9.06. The number of hydrogen-bond donors (Lipinski definition) is 1.